The molecule has 11 heteroatoms. The van der Waals surface area contributed by atoms with Crippen molar-refractivity contribution in [2.75, 3.05) is 11.9 Å². The average molecular weight is 473 g/mol. The number of benzene rings is 1. The number of aromatic nitrogens is 3. The van der Waals surface area contributed by atoms with Crippen molar-refractivity contribution < 1.29 is 9.53 Å². The lowest BCUT2D eigenvalue weighted by Gasteiger charge is -2.17. The molecular weight excluding hydrogens is 457 g/mol. The smallest absolute Gasteiger partial charge is 0.257 e. The summed E-state index contributed by atoms with van der Waals surface area (Å²) in [4.78, 5) is 16.5. The number of hydrogen-bond acceptors (Lipinski definition) is 7. The van der Waals surface area contributed by atoms with Crippen molar-refractivity contribution in [1.29, 1.82) is 0 Å². The van der Waals surface area contributed by atoms with Crippen LogP contribution in [0.3, 0.4) is 0 Å². The van der Waals surface area contributed by atoms with Crippen LogP contribution in [0.15, 0.2) is 30.5 Å². The Kier molecular flexibility index (Phi) is 7.26. The molecule has 3 aromatic rings. The van der Waals surface area contributed by atoms with Gasteiger partial charge < -0.3 is 10.1 Å². The molecule has 2 N–H and O–H groups in total. The summed E-state index contributed by atoms with van der Waals surface area (Å²) in [5.74, 6) is 0.0442. The fourth-order valence-corrected chi connectivity index (χ4v) is 3.87. The fraction of sp³-hybridized carbons (Fsp3) is 0.222. The second kappa shape index (κ2) is 9.69. The molecule has 0 bridgehead atoms. The lowest BCUT2D eigenvalue weighted by molar-refractivity contribution is 0.102. The van der Waals surface area contributed by atoms with Crippen LogP contribution in [0.5, 0.6) is 5.88 Å². The Labute approximate surface area is 187 Å². The summed E-state index contributed by atoms with van der Waals surface area (Å²) in [5.41, 5.74) is 3.03. The van der Waals surface area contributed by atoms with Gasteiger partial charge >= 0.3 is 0 Å². The predicted molar refractivity (Wildman–Crippen MR) is 116 cm³/mol. The Hall–Kier alpha value is -1.97. The summed E-state index contributed by atoms with van der Waals surface area (Å²) >= 11 is 13.1. The molecule has 7 nitrogen and oxygen atoms in total. The van der Waals surface area contributed by atoms with Gasteiger partial charge in [0, 0.05) is 18.3 Å². The largest absolute Gasteiger partial charge is 0.469 e. The van der Waals surface area contributed by atoms with Crippen LogP contribution in [-0.4, -0.2) is 27.6 Å². The highest BCUT2D eigenvalue weighted by molar-refractivity contribution is 7.15. The number of fused-ring (bicyclic) bond motifs is 1. The van der Waals surface area contributed by atoms with Gasteiger partial charge in [0.2, 0.25) is 11.0 Å². The number of amides is 1. The summed E-state index contributed by atoms with van der Waals surface area (Å²) in [6, 6.07) is 7.29. The lowest BCUT2D eigenvalue weighted by atomic mass is 9.98. The molecule has 0 saturated heterocycles. The first kappa shape index (κ1) is 21.7. The van der Waals surface area contributed by atoms with E-state index >= 15 is 0 Å². The summed E-state index contributed by atoms with van der Waals surface area (Å²) in [7, 11) is 0. The number of rotatable bonds is 5. The van der Waals surface area contributed by atoms with Crippen molar-refractivity contribution in [3.63, 3.8) is 0 Å². The third kappa shape index (κ3) is 5.34. The first-order valence-corrected chi connectivity index (χ1v) is 10.1. The van der Waals surface area contributed by atoms with E-state index in [4.69, 9.17) is 27.9 Å². The van der Waals surface area contributed by atoms with Crippen molar-refractivity contribution in [2.24, 2.45) is 0 Å². The van der Waals surface area contributed by atoms with Crippen LogP contribution in [0.2, 0.25) is 10.0 Å². The molecule has 4 rings (SSSR count). The Balaban J connectivity index is 0.00000240. The monoisotopic (exact) mass is 471 g/mol. The van der Waals surface area contributed by atoms with E-state index in [9.17, 15) is 4.79 Å². The maximum Gasteiger partial charge on any atom is 0.257 e. The number of ether oxygens (including phenoxy) is 1. The topological polar surface area (TPSA) is 89.0 Å². The molecule has 0 unspecified atom stereocenters. The van der Waals surface area contributed by atoms with E-state index < -0.39 is 0 Å². The van der Waals surface area contributed by atoms with Gasteiger partial charge in [-0.3, -0.25) is 10.1 Å². The highest BCUT2D eigenvalue weighted by Crippen LogP contribution is 2.26. The molecule has 0 aliphatic carbocycles. The minimum absolute atomic E-state index is 0. The molecule has 152 valence electrons. The van der Waals surface area contributed by atoms with Crippen molar-refractivity contribution in [1.82, 2.24) is 20.5 Å². The predicted octanol–water partition coefficient (Wildman–Crippen LogP) is 4.14. The maximum atomic E-state index is 12.5. The van der Waals surface area contributed by atoms with Gasteiger partial charge in [-0.25, -0.2) is 4.98 Å². The van der Waals surface area contributed by atoms with Crippen LogP contribution < -0.4 is 15.4 Å². The minimum Gasteiger partial charge on any atom is -0.469 e. The number of carbonyl (C=O) groups excluding carboxylic acids is 1. The third-order valence-electron chi connectivity index (χ3n) is 4.15. The molecule has 0 fully saturated rings. The Bertz CT molecular complexity index is 1030. The Morgan fingerprint density at radius 2 is 2.10 bits per heavy atom. The average Bonchev–Trinajstić information content (AvgIpc) is 3.14. The van der Waals surface area contributed by atoms with Gasteiger partial charge in [0.1, 0.15) is 11.6 Å². The molecule has 0 atom stereocenters. The van der Waals surface area contributed by atoms with E-state index in [1.165, 1.54) is 28.7 Å². The number of carbonyl (C=O) groups is 1. The molecule has 2 aromatic heterocycles. The van der Waals surface area contributed by atoms with Crippen molar-refractivity contribution in [2.45, 2.75) is 19.6 Å². The number of anilines is 1. The zero-order valence-electron chi connectivity index (χ0n) is 14.9. The zero-order chi connectivity index (χ0) is 19.5. The number of halogens is 3. The summed E-state index contributed by atoms with van der Waals surface area (Å²) in [6.07, 6.45) is 2.36. The molecule has 0 radical (unpaired) electrons. The van der Waals surface area contributed by atoms with E-state index in [1.807, 2.05) is 18.2 Å². The third-order valence-corrected chi connectivity index (χ3v) is 5.44. The molecule has 1 aliphatic rings. The molecule has 29 heavy (non-hydrogen) atoms. The highest BCUT2D eigenvalue weighted by Gasteiger charge is 2.15. The van der Waals surface area contributed by atoms with Gasteiger partial charge in [-0.1, -0.05) is 40.6 Å². The van der Waals surface area contributed by atoms with Gasteiger partial charge in [0.15, 0.2) is 5.01 Å². The van der Waals surface area contributed by atoms with Gasteiger partial charge in [-0.2, -0.15) is 0 Å². The van der Waals surface area contributed by atoms with Crippen molar-refractivity contribution >= 4 is 58.0 Å². The summed E-state index contributed by atoms with van der Waals surface area (Å²) < 4.78 is 5.53. The highest BCUT2D eigenvalue weighted by atomic mass is 35.5. The molecule has 1 amide bonds. The summed E-state index contributed by atoms with van der Waals surface area (Å²) in [5, 5.41) is 15.8. The van der Waals surface area contributed by atoms with Crippen LogP contribution in [0, 0.1) is 0 Å². The number of nitrogens with zero attached hydrogens (tertiary/aromatic N) is 3. The van der Waals surface area contributed by atoms with Gasteiger partial charge in [-0.05, 0) is 42.3 Å². The number of hydrogen-bond donors (Lipinski definition) is 2. The number of pyridine rings is 1. The quantitative estimate of drug-likeness (QED) is 0.580. The lowest BCUT2D eigenvalue weighted by Crippen LogP contribution is -2.24. The summed E-state index contributed by atoms with van der Waals surface area (Å²) in [6.45, 7) is 1.89. The van der Waals surface area contributed by atoms with E-state index in [1.54, 1.807) is 6.07 Å². The standard InChI is InChI=1S/C18H15Cl2N5O2S.ClH/c19-13-6-14(20)17(22-8-13)27-9-15-24-25-18(28-15)23-16(26)11-1-2-12-7-21-4-3-10(12)5-11;/h1-2,5-6,8,21H,3-4,7,9H2,(H,23,25,26);1H. The van der Waals surface area contributed by atoms with Crippen LogP contribution in [-0.2, 0) is 19.6 Å². The van der Waals surface area contributed by atoms with Crippen LogP contribution >= 0.6 is 46.9 Å². The molecular formula is C18H16Cl3N5O2S. The molecule has 1 aromatic carbocycles. The van der Waals surface area contributed by atoms with E-state index in [-0.39, 0.29) is 30.8 Å². The van der Waals surface area contributed by atoms with Crippen LogP contribution in [0.4, 0.5) is 5.13 Å². The molecule has 1 aliphatic heterocycles. The Morgan fingerprint density at radius 1 is 1.24 bits per heavy atom. The normalized spacial score (nSPS) is 12.6. The SMILES string of the molecule is Cl.O=C(Nc1nnc(COc2ncc(Cl)cc2Cl)s1)c1ccc2c(c1)CCNC2. The number of nitrogens with one attached hydrogen (secondary N) is 2. The molecule has 0 saturated carbocycles. The van der Waals surface area contributed by atoms with Crippen molar-refractivity contribution in [3.05, 3.63) is 62.2 Å². The second-order valence-corrected chi connectivity index (χ2v) is 8.00. The zero-order valence-corrected chi connectivity index (χ0v) is 18.1. The fourth-order valence-electron chi connectivity index (χ4n) is 2.79. The Morgan fingerprint density at radius 3 is 2.93 bits per heavy atom. The molecule has 3 heterocycles. The van der Waals surface area contributed by atoms with Crippen LogP contribution in [0.1, 0.15) is 26.5 Å². The first-order valence-electron chi connectivity index (χ1n) is 8.48. The first-order chi connectivity index (χ1) is 13.6. The van der Waals surface area contributed by atoms with E-state index in [2.05, 4.69) is 25.8 Å². The minimum atomic E-state index is -0.215. The van der Waals surface area contributed by atoms with E-state index in [0.717, 1.165) is 19.5 Å². The maximum absolute atomic E-state index is 12.5. The van der Waals surface area contributed by atoms with Gasteiger partial charge in [-0.15, -0.1) is 22.6 Å². The second-order valence-electron chi connectivity index (χ2n) is 6.09. The van der Waals surface area contributed by atoms with Gasteiger partial charge in [0.05, 0.1) is 5.02 Å². The van der Waals surface area contributed by atoms with Crippen LogP contribution in [0.25, 0.3) is 0 Å². The molecule has 0 spiro atoms. The van der Waals surface area contributed by atoms with E-state index in [0.29, 0.717) is 25.7 Å². The van der Waals surface area contributed by atoms with Gasteiger partial charge in [0.25, 0.3) is 5.91 Å². The van der Waals surface area contributed by atoms with Crippen molar-refractivity contribution in [3.8, 4) is 5.88 Å².